The zero-order valence-corrected chi connectivity index (χ0v) is 11.2. The maximum atomic E-state index is 11.5. The molecule has 0 spiro atoms. The highest BCUT2D eigenvalue weighted by Gasteiger charge is 2.07. The van der Waals surface area contributed by atoms with Crippen LogP contribution in [-0.4, -0.2) is 22.2 Å². The van der Waals surface area contributed by atoms with Crippen molar-refractivity contribution in [2.45, 2.75) is 13.2 Å². The summed E-state index contributed by atoms with van der Waals surface area (Å²) in [5.41, 5.74) is 1.28. The van der Waals surface area contributed by atoms with Crippen molar-refractivity contribution in [1.82, 2.24) is 10.3 Å². The van der Waals surface area contributed by atoms with E-state index < -0.39 is 12.1 Å². The molecule has 0 aliphatic carbocycles. The molecule has 0 radical (unpaired) electrons. The Balaban J connectivity index is 1.81. The SMILES string of the molecule is O=C(NCc1cccc(C(=O)O)n1)OCc1ccccc1. The van der Waals surface area contributed by atoms with Crippen molar-refractivity contribution in [2.24, 2.45) is 0 Å². The molecule has 0 saturated heterocycles. The molecule has 2 rings (SSSR count). The Hall–Kier alpha value is -2.89. The number of aromatic carboxylic acids is 1. The lowest BCUT2D eigenvalue weighted by Crippen LogP contribution is -2.24. The number of alkyl carbamates (subject to hydrolysis) is 1. The standard InChI is InChI=1S/C15H14N2O4/c18-14(19)13-8-4-7-12(17-13)9-16-15(20)21-10-11-5-2-1-3-6-11/h1-8H,9-10H2,(H,16,20)(H,18,19). The van der Waals surface area contributed by atoms with Gasteiger partial charge in [0.15, 0.2) is 0 Å². The van der Waals surface area contributed by atoms with E-state index in [-0.39, 0.29) is 18.8 Å². The van der Waals surface area contributed by atoms with Gasteiger partial charge >= 0.3 is 12.1 Å². The third-order valence-corrected chi connectivity index (χ3v) is 2.65. The summed E-state index contributed by atoms with van der Waals surface area (Å²) in [5.74, 6) is -1.11. The molecule has 21 heavy (non-hydrogen) atoms. The molecule has 0 fully saturated rings. The number of pyridine rings is 1. The van der Waals surface area contributed by atoms with Crippen LogP contribution in [0, 0.1) is 0 Å². The molecule has 1 aromatic carbocycles. The van der Waals surface area contributed by atoms with E-state index in [2.05, 4.69) is 10.3 Å². The minimum atomic E-state index is -1.11. The van der Waals surface area contributed by atoms with Crippen LogP contribution in [0.2, 0.25) is 0 Å². The predicted octanol–water partition coefficient (Wildman–Crippen LogP) is 2.21. The second kappa shape index (κ2) is 7.04. The first-order chi connectivity index (χ1) is 10.1. The Bertz CT molecular complexity index is 629. The van der Waals surface area contributed by atoms with Crippen molar-refractivity contribution >= 4 is 12.1 Å². The van der Waals surface area contributed by atoms with Crippen molar-refractivity contribution < 1.29 is 19.4 Å². The molecular weight excluding hydrogens is 272 g/mol. The van der Waals surface area contributed by atoms with Crippen LogP contribution in [0.1, 0.15) is 21.7 Å². The number of carboxylic acid groups (broad SMARTS) is 1. The molecule has 2 aromatic rings. The van der Waals surface area contributed by atoms with Crippen molar-refractivity contribution in [3.63, 3.8) is 0 Å². The molecular formula is C15H14N2O4. The van der Waals surface area contributed by atoms with Crippen molar-refractivity contribution in [1.29, 1.82) is 0 Å². The van der Waals surface area contributed by atoms with Gasteiger partial charge in [-0.15, -0.1) is 0 Å². The van der Waals surface area contributed by atoms with E-state index in [4.69, 9.17) is 9.84 Å². The lowest BCUT2D eigenvalue weighted by molar-refractivity contribution is 0.0690. The number of rotatable bonds is 5. The average Bonchev–Trinajstić information content (AvgIpc) is 2.52. The Morgan fingerprint density at radius 1 is 1.10 bits per heavy atom. The van der Waals surface area contributed by atoms with E-state index in [0.29, 0.717) is 5.69 Å². The van der Waals surface area contributed by atoms with E-state index in [1.54, 1.807) is 12.1 Å². The monoisotopic (exact) mass is 286 g/mol. The molecule has 0 unspecified atom stereocenters. The summed E-state index contributed by atoms with van der Waals surface area (Å²) in [6.45, 7) is 0.282. The first kappa shape index (κ1) is 14.5. The first-order valence-corrected chi connectivity index (χ1v) is 6.29. The number of nitrogens with one attached hydrogen (secondary N) is 1. The summed E-state index contributed by atoms with van der Waals surface area (Å²) in [4.78, 5) is 26.2. The average molecular weight is 286 g/mol. The fraction of sp³-hybridized carbons (Fsp3) is 0.133. The van der Waals surface area contributed by atoms with Crippen molar-refractivity contribution in [3.8, 4) is 0 Å². The van der Waals surface area contributed by atoms with Crippen LogP contribution in [0.3, 0.4) is 0 Å². The number of carbonyl (C=O) groups excluding carboxylic acids is 1. The number of amides is 1. The molecule has 0 aliphatic rings. The highest BCUT2D eigenvalue weighted by molar-refractivity contribution is 5.85. The van der Waals surface area contributed by atoms with Gasteiger partial charge in [-0.2, -0.15) is 0 Å². The van der Waals surface area contributed by atoms with Crippen LogP contribution in [-0.2, 0) is 17.9 Å². The lowest BCUT2D eigenvalue weighted by atomic mass is 10.2. The summed E-state index contributed by atoms with van der Waals surface area (Å²) < 4.78 is 5.03. The zero-order valence-electron chi connectivity index (χ0n) is 11.2. The highest BCUT2D eigenvalue weighted by Crippen LogP contribution is 2.02. The van der Waals surface area contributed by atoms with Gasteiger partial charge in [0.25, 0.3) is 0 Å². The van der Waals surface area contributed by atoms with Gasteiger partial charge in [-0.05, 0) is 17.7 Å². The number of nitrogens with zero attached hydrogens (tertiary/aromatic N) is 1. The molecule has 0 saturated carbocycles. The topological polar surface area (TPSA) is 88.5 Å². The molecule has 6 nitrogen and oxygen atoms in total. The molecule has 1 aromatic heterocycles. The smallest absolute Gasteiger partial charge is 0.407 e. The maximum Gasteiger partial charge on any atom is 0.407 e. The van der Waals surface area contributed by atoms with Crippen LogP contribution in [0.4, 0.5) is 4.79 Å². The van der Waals surface area contributed by atoms with Gasteiger partial charge < -0.3 is 15.2 Å². The number of carbonyl (C=O) groups is 2. The summed E-state index contributed by atoms with van der Waals surface area (Å²) >= 11 is 0. The fourth-order valence-electron chi connectivity index (χ4n) is 1.63. The number of hydrogen-bond acceptors (Lipinski definition) is 4. The van der Waals surface area contributed by atoms with E-state index in [1.807, 2.05) is 30.3 Å². The number of aromatic nitrogens is 1. The molecule has 6 heteroatoms. The maximum absolute atomic E-state index is 11.5. The van der Waals surface area contributed by atoms with Gasteiger partial charge in [-0.3, -0.25) is 0 Å². The largest absolute Gasteiger partial charge is 0.477 e. The normalized spacial score (nSPS) is 9.90. The van der Waals surface area contributed by atoms with E-state index in [1.165, 1.54) is 6.07 Å². The van der Waals surface area contributed by atoms with Crippen molar-refractivity contribution in [2.75, 3.05) is 0 Å². The quantitative estimate of drug-likeness (QED) is 0.879. The van der Waals surface area contributed by atoms with Gasteiger partial charge in [0, 0.05) is 0 Å². The first-order valence-electron chi connectivity index (χ1n) is 6.29. The summed E-state index contributed by atoms with van der Waals surface area (Å²) in [5, 5.41) is 11.3. The van der Waals surface area contributed by atoms with Gasteiger partial charge in [-0.25, -0.2) is 14.6 Å². The van der Waals surface area contributed by atoms with Crippen LogP contribution in [0.15, 0.2) is 48.5 Å². The molecule has 0 atom stereocenters. The second-order valence-corrected chi connectivity index (χ2v) is 4.23. The molecule has 0 aliphatic heterocycles. The summed E-state index contributed by atoms with van der Waals surface area (Å²) in [6.07, 6.45) is -0.582. The summed E-state index contributed by atoms with van der Waals surface area (Å²) in [7, 11) is 0. The van der Waals surface area contributed by atoms with E-state index in [0.717, 1.165) is 5.56 Å². The van der Waals surface area contributed by atoms with Gasteiger partial charge in [0.05, 0.1) is 12.2 Å². The second-order valence-electron chi connectivity index (χ2n) is 4.23. The molecule has 108 valence electrons. The fourth-order valence-corrected chi connectivity index (χ4v) is 1.63. The van der Waals surface area contributed by atoms with Crippen LogP contribution in [0.5, 0.6) is 0 Å². The number of carboxylic acids is 1. The third-order valence-electron chi connectivity index (χ3n) is 2.65. The van der Waals surface area contributed by atoms with Gasteiger partial charge in [-0.1, -0.05) is 36.4 Å². The zero-order chi connectivity index (χ0) is 15.1. The Morgan fingerprint density at radius 2 is 1.86 bits per heavy atom. The third kappa shape index (κ3) is 4.61. The molecule has 1 heterocycles. The van der Waals surface area contributed by atoms with Crippen LogP contribution >= 0.6 is 0 Å². The predicted molar refractivity (Wildman–Crippen MR) is 74.7 cm³/mol. The highest BCUT2D eigenvalue weighted by atomic mass is 16.5. The number of benzene rings is 1. The molecule has 1 amide bonds. The number of ether oxygens (including phenoxy) is 1. The Kier molecular flexibility index (Phi) is 4.87. The van der Waals surface area contributed by atoms with Crippen molar-refractivity contribution in [3.05, 3.63) is 65.5 Å². The lowest BCUT2D eigenvalue weighted by Gasteiger charge is -2.07. The molecule has 0 bridgehead atoms. The van der Waals surface area contributed by atoms with E-state index in [9.17, 15) is 9.59 Å². The van der Waals surface area contributed by atoms with E-state index >= 15 is 0 Å². The summed E-state index contributed by atoms with van der Waals surface area (Å²) in [6, 6.07) is 13.9. The number of hydrogen-bond donors (Lipinski definition) is 2. The molecule has 2 N–H and O–H groups in total. The van der Waals surface area contributed by atoms with Crippen LogP contribution < -0.4 is 5.32 Å². The van der Waals surface area contributed by atoms with Gasteiger partial charge in [0.2, 0.25) is 0 Å². The van der Waals surface area contributed by atoms with Gasteiger partial charge in [0.1, 0.15) is 12.3 Å². The Morgan fingerprint density at radius 3 is 2.57 bits per heavy atom. The Labute approximate surface area is 121 Å². The minimum absolute atomic E-state index is 0.0630. The van der Waals surface area contributed by atoms with Crippen LogP contribution in [0.25, 0.3) is 0 Å². The minimum Gasteiger partial charge on any atom is -0.477 e.